The molecule has 0 atom stereocenters. The van der Waals surface area contributed by atoms with E-state index in [0.717, 1.165) is 33.4 Å². The highest BCUT2D eigenvalue weighted by Crippen LogP contribution is 2.39. The fraction of sp³-hybridized carbons (Fsp3) is 0. The molecule has 0 aliphatic heterocycles. The average Bonchev–Trinajstić information content (AvgIpc) is 2.75. The Bertz CT molecular complexity index is 1100. The van der Waals surface area contributed by atoms with Crippen molar-refractivity contribution in [3.63, 3.8) is 0 Å². The first-order valence-electron chi connectivity index (χ1n) is 8.77. The third kappa shape index (κ3) is 3.44. The molecule has 0 spiro atoms. The van der Waals surface area contributed by atoms with Gasteiger partial charge in [0.2, 0.25) is 0 Å². The van der Waals surface area contributed by atoms with Crippen molar-refractivity contribution in [2.45, 2.75) is 0 Å². The zero-order valence-corrected chi connectivity index (χ0v) is 14.7. The Hall–Kier alpha value is -3.83. The van der Waals surface area contributed by atoms with Gasteiger partial charge >= 0.3 is 0 Å². The molecular formula is C25H17NO. The maximum Gasteiger partial charge on any atom is 0.292 e. The van der Waals surface area contributed by atoms with Crippen LogP contribution in [0.1, 0.15) is 0 Å². The standard InChI is InChI=1S/C25H17NO/c26-18-27-25-23(20-11-5-2-6-12-20)15-8-16-24(25)22-14-7-13-21(17-22)19-9-3-1-4-10-19/h1-17H. The van der Waals surface area contributed by atoms with Crippen LogP contribution in [0.4, 0.5) is 0 Å². The molecule has 0 aromatic heterocycles. The van der Waals surface area contributed by atoms with E-state index in [9.17, 15) is 5.26 Å². The molecule has 4 aromatic rings. The Morgan fingerprint density at radius 2 is 1.04 bits per heavy atom. The van der Waals surface area contributed by atoms with E-state index >= 15 is 0 Å². The summed E-state index contributed by atoms with van der Waals surface area (Å²) in [6, 6.07) is 34.5. The van der Waals surface area contributed by atoms with Crippen LogP contribution >= 0.6 is 0 Å². The van der Waals surface area contributed by atoms with Crippen LogP contribution in [-0.4, -0.2) is 0 Å². The summed E-state index contributed by atoms with van der Waals surface area (Å²) in [6.07, 6.45) is 1.85. The summed E-state index contributed by atoms with van der Waals surface area (Å²) in [5.41, 5.74) is 6.11. The van der Waals surface area contributed by atoms with Gasteiger partial charge in [0.15, 0.2) is 5.75 Å². The van der Waals surface area contributed by atoms with Gasteiger partial charge in [0.25, 0.3) is 6.26 Å². The topological polar surface area (TPSA) is 33.0 Å². The van der Waals surface area contributed by atoms with Gasteiger partial charge in [0, 0.05) is 11.1 Å². The van der Waals surface area contributed by atoms with Crippen LogP contribution in [0, 0.1) is 11.5 Å². The number of nitrogens with zero attached hydrogens (tertiary/aromatic N) is 1. The van der Waals surface area contributed by atoms with Gasteiger partial charge in [-0.05, 0) is 28.3 Å². The van der Waals surface area contributed by atoms with Gasteiger partial charge in [-0.15, -0.1) is 5.26 Å². The minimum Gasteiger partial charge on any atom is -0.387 e. The molecule has 0 saturated heterocycles. The second kappa shape index (κ2) is 7.59. The maximum absolute atomic E-state index is 9.22. The lowest BCUT2D eigenvalue weighted by atomic mass is 9.95. The summed E-state index contributed by atoms with van der Waals surface area (Å²) in [6.45, 7) is 0. The third-order valence-electron chi connectivity index (χ3n) is 4.53. The van der Waals surface area contributed by atoms with Gasteiger partial charge in [-0.25, -0.2) is 0 Å². The first kappa shape index (κ1) is 16.6. The first-order valence-corrected chi connectivity index (χ1v) is 8.77. The van der Waals surface area contributed by atoms with Crippen molar-refractivity contribution < 1.29 is 4.74 Å². The predicted molar refractivity (Wildman–Crippen MR) is 109 cm³/mol. The Balaban J connectivity index is 1.86. The summed E-state index contributed by atoms with van der Waals surface area (Å²) in [4.78, 5) is 0. The Labute approximate surface area is 158 Å². The summed E-state index contributed by atoms with van der Waals surface area (Å²) in [7, 11) is 0. The van der Waals surface area contributed by atoms with Crippen LogP contribution in [0.3, 0.4) is 0 Å². The van der Waals surface area contributed by atoms with Crippen molar-refractivity contribution in [1.29, 1.82) is 5.26 Å². The molecule has 0 aliphatic carbocycles. The minimum absolute atomic E-state index is 0.580. The largest absolute Gasteiger partial charge is 0.387 e. The van der Waals surface area contributed by atoms with Gasteiger partial charge in [0.1, 0.15) is 0 Å². The van der Waals surface area contributed by atoms with Crippen molar-refractivity contribution in [2.75, 3.05) is 0 Å². The quantitative estimate of drug-likeness (QED) is 0.392. The van der Waals surface area contributed by atoms with Crippen LogP contribution < -0.4 is 4.74 Å². The van der Waals surface area contributed by atoms with E-state index in [4.69, 9.17) is 4.74 Å². The van der Waals surface area contributed by atoms with E-state index in [1.807, 2.05) is 85.1 Å². The highest BCUT2D eigenvalue weighted by molar-refractivity contribution is 5.84. The van der Waals surface area contributed by atoms with Crippen molar-refractivity contribution in [1.82, 2.24) is 0 Å². The molecular weight excluding hydrogens is 330 g/mol. The molecule has 0 heterocycles. The number of para-hydroxylation sites is 1. The van der Waals surface area contributed by atoms with Crippen LogP contribution in [0.25, 0.3) is 33.4 Å². The van der Waals surface area contributed by atoms with Crippen molar-refractivity contribution in [3.05, 3.63) is 103 Å². The fourth-order valence-corrected chi connectivity index (χ4v) is 3.26. The van der Waals surface area contributed by atoms with Gasteiger partial charge < -0.3 is 4.74 Å². The smallest absolute Gasteiger partial charge is 0.292 e. The first-order chi connectivity index (χ1) is 13.4. The van der Waals surface area contributed by atoms with E-state index in [1.165, 1.54) is 0 Å². The van der Waals surface area contributed by atoms with E-state index in [2.05, 4.69) is 24.3 Å². The van der Waals surface area contributed by atoms with E-state index in [-0.39, 0.29) is 0 Å². The minimum atomic E-state index is 0.580. The molecule has 0 saturated carbocycles. The van der Waals surface area contributed by atoms with Crippen molar-refractivity contribution >= 4 is 0 Å². The van der Waals surface area contributed by atoms with Crippen LogP contribution in [0.2, 0.25) is 0 Å². The van der Waals surface area contributed by atoms with E-state index < -0.39 is 0 Å². The SMILES string of the molecule is N#COc1c(-c2ccccc2)cccc1-c1cccc(-c2ccccc2)c1. The number of hydrogen-bond donors (Lipinski definition) is 0. The number of nitriles is 1. The normalized spacial score (nSPS) is 10.2. The number of ether oxygens (including phenoxy) is 1. The molecule has 128 valence electrons. The van der Waals surface area contributed by atoms with E-state index in [0.29, 0.717) is 5.75 Å². The molecule has 27 heavy (non-hydrogen) atoms. The highest BCUT2D eigenvalue weighted by atomic mass is 16.5. The van der Waals surface area contributed by atoms with Crippen LogP contribution in [0.5, 0.6) is 5.75 Å². The van der Waals surface area contributed by atoms with Gasteiger partial charge in [-0.1, -0.05) is 97.1 Å². The molecule has 0 fully saturated rings. The zero-order valence-electron chi connectivity index (χ0n) is 14.7. The van der Waals surface area contributed by atoms with Gasteiger partial charge in [-0.3, -0.25) is 0 Å². The lowest BCUT2D eigenvalue weighted by Gasteiger charge is -2.13. The summed E-state index contributed by atoms with van der Waals surface area (Å²) in [5.74, 6) is 0.580. The molecule has 0 bridgehead atoms. The molecule has 0 unspecified atom stereocenters. The second-order valence-electron chi connectivity index (χ2n) is 6.19. The predicted octanol–water partition coefficient (Wildman–Crippen LogP) is 6.55. The van der Waals surface area contributed by atoms with Gasteiger partial charge in [-0.2, -0.15) is 0 Å². The second-order valence-corrected chi connectivity index (χ2v) is 6.19. The number of hydrogen-bond acceptors (Lipinski definition) is 2. The highest BCUT2D eigenvalue weighted by Gasteiger charge is 2.14. The van der Waals surface area contributed by atoms with Crippen LogP contribution in [0.15, 0.2) is 103 Å². The average molecular weight is 347 g/mol. The molecule has 2 heteroatoms. The number of benzene rings is 4. The maximum atomic E-state index is 9.22. The lowest BCUT2D eigenvalue weighted by Crippen LogP contribution is -1.92. The Morgan fingerprint density at radius 3 is 1.70 bits per heavy atom. The van der Waals surface area contributed by atoms with E-state index in [1.54, 1.807) is 0 Å². The van der Waals surface area contributed by atoms with Gasteiger partial charge in [0.05, 0.1) is 0 Å². The fourth-order valence-electron chi connectivity index (χ4n) is 3.26. The molecule has 4 rings (SSSR count). The summed E-state index contributed by atoms with van der Waals surface area (Å²) < 4.78 is 5.43. The Morgan fingerprint density at radius 1 is 0.519 bits per heavy atom. The molecule has 4 aromatic carbocycles. The molecule has 0 amide bonds. The number of rotatable bonds is 4. The summed E-state index contributed by atoms with van der Waals surface area (Å²) >= 11 is 0. The molecule has 0 N–H and O–H groups in total. The molecule has 0 aliphatic rings. The van der Waals surface area contributed by atoms with Crippen molar-refractivity contribution in [2.24, 2.45) is 0 Å². The van der Waals surface area contributed by atoms with Crippen LogP contribution in [-0.2, 0) is 0 Å². The lowest BCUT2D eigenvalue weighted by molar-refractivity contribution is 0.511. The summed E-state index contributed by atoms with van der Waals surface area (Å²) in [5, 5.41) is 9.22. The third-order valence-corrected chi connectivity index (χ3v) is 4.53. The zero-order chi connectivity index (χ0) is 18.5. The molecule has 2 nitrogen and oxygen atoms in total. The monoisotopic (exact) mass is 347 g/mol. The van der Waals surface area contributed by atoms with Crippen molar-refractivity contribution in [3.8, 4) is 45.4 Å². The Kier molecular flexibility index (Phi) is 4.68. The molecule has 0 radical (unpaired) electrons.